The number of aliphatic imine (C=N–C) groups is 1. The first kappa shape index (κ1) is 18.4. The smallest absolute Gasteiger partial charge is 0.244 e. The van der Waals surface area contributed by atoms with E-state index < -0.39 is 0 Å². The maximum atomic E-state index is 12.3. The molecule has 7 nitrogen and oxygen atoms in total. The molecule has 7 heteroatoms. The van der Waals surface area contributed by atoms with E-state index in [1.54, 1.807) is 23.3 Å². The number of carbonyl (C=O) groups excluding carboxylic acids is 1. The molecule has 30 heavy (non-hydrogen) atoms. The van der Waals surface area contributed by atoms with Crippen LogP contribution in [0.1, 0.15) is 18.4 Å². The van der Waals surface area contributed by atoms with Gasteiger partial charge >= 0.3 is 0 Å². The van der Waals surface area contributed by atoms with Crippen LogP contribution >= 0.6 is 0 Å². The quantitative estimate of drug-likeness (QED) is 0.662. The molecule has 4 heterocycles. The highest BCUT2D eigenvalue weighted by Gasteiger charge is 2.18. The molecule has 150 valence electrons. The molecule has 2 aliphatic rings. The molecule has 1 saturated heterocycles. The molecule has 3 aromatic rings. The van der Waals surface area contributed by atoms with Crippen molar-refractivity contribution >= 4 is 17.7 Å². The largest absolute Gasteiger partial charge is 0.341 e. The molecule has 0 spiro atoms. The van der Waals surface area contributed by atoms with Gasteiger partial charge in [-0.25, -0.2) is 9.97 Å². The molecule has 1 amide bonds. The second-order valence-corrected chi connectivity index (χ2v) is 7.54. The Hall–Kier alpha value is -3.61. The Morgan fingerprint density at radius 2 is 1.77 bits per heavy atom. The Bertz CT molecular complexity index is 1120. The summed E-state index contributed by atoms with van der Waals surface area (Å²) in [4.78, 5) is 27.6. The van der Waals surface area contributed by atoms with Gasteiger partial charge in [0, 0.05) is 54.6 Å². The summed E-state index contributed by atoms with van der Waals surface area (Å²) in [7, 11) is 0. The van der Waals surface area contributed by atoms with Gasteiger partial charge in [-0.15, -0.1) is 0 Å². The molecule has 0 N–H and O–H groups in total. The predicted molar refractivity (Wildman–Crippen MR) is 116 cm³/mol. The van der Waals surface area contributed by atoms with Crippen molar-refractivity contribution in [3.05, 3.63) is 60.7 Å². The number of carbonyl (C=O) groups is 1. The number of allylic oxidation sites excluding steroid dienone is 1. The van der Waals surface area contributed by atoms with Crippen molar-refractivity contribution in [3.63, 3.8) is 0 Å². The van der Waals surface area contributed by atoms with Gasteiger partial charge in [-0.3, -0.25) is 14.5 Å². The van der Waals surface area contributed by atoms with Gasteiger partial charge in [-0.05, 0) is 30.0 Å². The van der Waals surface area contributed by atoms with Crippen LogP contribution in [0.4, 0.5) is 0 Å². The third kappa shape index (κ3) is 3.78. The van der Waals surface area contributed by atoms with Crippen molar-refractivity contribution < 1.29 is 4.79 Å². The van der Waals surface area contributed by atoms with Crippen LogP contribution in [-0.4, -0.2) is 56.4 Å². The third-order valence-corrected chi connectivity index (χ3v) is 5.48. The van der Waals surface area contributed by atoms with E-state index in [9.17, 15) is 4.79 Å². The SMILES string of the molecule is O=C(Cn1cc(-c2cnc(-c3cccc(C4=CCN=C4)c3)nc2)cn1)N1CCCC1. The topological polar surface area (TPSA) is 76.3 Å². The Kier molecular flexibility index (Phi) is 4.93. The Balaban J connectivity index is 1.31. The van der Waals surface area contributed by atoms with E-state index in [1.165, 1.54) is 0 Å². The number of nitrogens with zero attached hydrogens (tertiary/aromatic N) is 6. The molecule has 2 aliphatic heterocycles. The van der Waals surface area contributed by atoms with Crippen LogP contribution in [0.25, 0.3) is 28.1 Å². The molecule has 0 radical (unpaired) electrons. The van der Waals surface area contributed by atoms with Crippen molar-refractivity contribution in [2.45, 2.75) is 19.4 Å². The summed E-state index contributed by atoms with van der Waals surface area (Å²) >= 11 is 0. The highest BCUT2D eigenvalue weighted by molar-refractivity contribution is 6.11. The summed E-state index contributed by atoms with van der Waals surface area (Å²) < 4.78 is 1.68. The first-order valence-electron chi connectivity index (χ1n) is 10.2. The van der Waals surface area contributed by atoms with Gasteiger partial charge in [0.1, 0.15) is 6.54 Å². The van der Waals surface area contributed by atoms with E-state index in [2.05, 4.69) is 38.3 Å². The highest BCUT2D eigenvalue weighted by Crippen LogP contribution is 2.24. The van der Waals surface area contributed by atoms with Crippen molar-refractivity contribution in [1.29, 1.82) is 0 Å². The minimum Gasteiger partial charge on any atom is -0.341 e. The van der Waals surface area contributed by atoms with Crippen LogP contribution in [0.5, 0.6) is 0 Å². The van der Waals surface area contributed by atoms with Gasteiger partial charge in [0.25, 0.3) is 0 Å². The monoisotopic (exact) mass is 398 g/mol. The predicted octanol–water partition coefficient (Wildman–Crippen LogP) is 3.10. The van der Waals surface area contributed by atoms with E-state index in [-0.39, 0.29) is 12.5 Å². The summed E-state index contributed by atoms with van der Waals surface area (Å²) in [5.74, 6) is 0.795. The lowest BCUT2D eigenvalue weighted by Crippen LogP contribution is -2.31. The van der Waals surface area contributed by atoms with Gasteiger partial charge in [0.05, 0.1) is 12.7 Å². The molecular weight excluding hydrogens is 376 g/mol. The lowest BCUT2D eigenvalue weighted by Gasteiger charge is -2.14. The summed E-state index contributed by atoms with van der Waals surface area (Å²) in [5.41, 5.74) is 4.99. The zero-order valence-corrected chi connectivity index (χ0v) is 16.6. The molecule has 0 atom stereocenters. The molecule has 1 aromatic carbocycles. The number of amides is 1. The van der Waals surface area contributed by atoms with Crippen LogP contribution in [-0.2, 0) is 11.3 Å². The van der Waals surface area contributed by atoms with E-state index in [0.29, 0.717) is 5.82 Å². The fourth-order valence-corrected chi connectivity index (χ4v) is 3.82. The highest BCUT2D eigenvalue weighted by atomic mass is 16.2. The summed E-state index contributed by atoms with van der Waals surface area (Å²) in [6, 6.07) is 8.17. The lowest BCUT2D eigenvalue weighted by molar-refractivity contribution is -0.130. The standard InChI is InChI=1S/C23H22N6O/c30-22(28-8-1-2-9-28)16-29-15-21(14-27-29)20-12-25-23(26-13-20)18-5-3-4-17(10-18)19-6-7-24-11-19/h3-6,10-15H,1-2,7-9,16H2. The van der Waals surface area contributed by atoms with E-state index in [4.69, 9.17) is 0 Å². The molecule has 5 rings (SSSR count). The first-order valence-corrected chi connectivity index (χ1v) is 10.2. The minimum atomic E-state index is 0.121. The van der Waals surface area contributed by atoms with Crippen molar-refractivity contribution in [2.75, 3.05) is 19.6 Å². The lowest BCUT2D eigenvalue weighted by atomic mass is 10.0. The molecule has 0 bridgehead atoms. The summed E-state index contributed by atoms with van der Waals surface area (Å²) in [6.45, 7) is 2.72. The Morgan fingerprint density at radius 3 is 2.53 bits per heavy atom. The van der Waals surface area contributed by atoms with Crippen LogP contribution in [0.15, 0.2) is 60.1 Å². The average Bonchev–Trinajstić information content (AvgIpc) is 3.57. The fourth-order valence-electron chi connectivity index (χ4n) is 3.82. The Morgan fingerprint density at radius 1 is 0.967 bits per heavy atom. The first-order chi connectivity index (χ1) is 14.8. The van der Waals surface area contributed by atoms with E-state index in [1.807, 2.05) is 29.4 Å². The summed E-state index contributed by atoms with van der Waals surface area (Å²) in [6.07, 6.45) is 13.4. The van der Waals surface area contributed by atoms with Crippen molar-refractivity contribution in [1.82, 2.24) is 24.6 Å². The van der Waals surface area contributed by atoms with Gasteiger partial charge in [0.2, 0.25) is 5.91 Å². The maximum absolute atomic E-state index is 12.3. The van der Waals surface area contributed by atoms with E-state index >= 15 is 0 Å². The number of hydrogen-bond acceptors (Lipinski definition) is 5. The normalized spacial score (nSPS) is 15.6. The van der Waals surface area contributed by atoms with Crippen LogP contribution in [0.3, 0.4) is 0 Å². The Labute approximate surface area is 174 Å². The van der Waals surface area contributed by atoms with Gasteiger partial charge in [0.15, 0.2) is 5.82 Å². The van der Waals surface area contributed by atoms with Crippen LogP contribution in [0.2, 0.25) is 0 Å². The fraction of sp³-hybridized carbons (Fsp3) is 0.261. The number of aromatic nitrogens is 4. The summed E-state index contributed by atoms with van der Waals surface area (Å²) in [5, 5.41) is 4.34. The van der Waals surface area contributed by atoms with Gasteiger partial charge in [-0.1, -0.05) is 24.3 Å². The second-order valence-electron chi connectivity index (χ2n) is 7.54. The zero-order chi connectivity index (χ0) is 20.3. The number of benzene rings is 1. The third-order valence-electron chi connectivity index (χ3n) is 5.48. The molecule has 0 aliphatic carbocycles. The van der Waals surface area contributed by atoms with Gasteiger partial charge < -0.3 is 4.90 Å². The molecule has 0 unspecified atom stereocenters. The minimum absolute atomic E-state index is 0.121. The van der Waals surface area contributed by atoms with Crippen molar-refractivity contribution in [2.24, 2.45) is 4.99 Å². The van der Waals surface area contributed by atoms with Gasteiger partial charge in [-0.2, -0.15) is 5.10 Å². The molecule has 2 aromatic heterocycles. The maximum Gasteiger partial charge on any atom is 0.244 e. The number of rotatable bonds is 5. The average molecular weight is 398 g/mol. The molecule has 0 saturated carbocycles. The second kappa shape index (κ2) is 8.02. The van der Waals surface area contributed by atoms with Crippen molar-refractivity contribution in [3.8, 4) is 22.5 Å². The molecular formula is C23H22N6O. The number of hydrogen-bond donors (Lipinski definition) is 0. The van der Waals surface area contributed by atoms with Crippen LogP contribution in [0, 0.1) is 0 Å². The van der Waals surface area contributed by atoms with Crippen LogP contribution < -0.4 is 0 Å². The molecule has 1 fully saturated rings. The van der Waals surface area contributed by atoms with E-state index in [0.717, 1.165) is 60.3 Å². The number of likely N-dealkylation sites (tertiary alicyclic amines) is 1. The zero-order valence-electron chi connectivity index (χ0n) is 16.6.